The Balaban J connectivity index is 1.90. The van der Waals surface area contributed by atoms with Crippen molar-refractivity contribution < 1.29 is 4.79 Å². The van der Waals surface area contributed by atoms with Crippen molar-refractivity contribution in [2.45, 2.75) is 51.6 Å². The van der Waals surface area contributed by atoms with Crippen LogP contribution in [0.3, 0.4) is 0 Å². The summed E-state index contributed by atoms with van der Waals surface area (Å²) in [6.07, 6.45) is 4.80. The van der Waals surface area contributed by atoms with E-state index in [4.69, 9.17) is 0 Å². The summed E-state index contributed by atoms with van der Waals surface area (Å²) in [5.74, 6) is 0.245. The smallest absolute Gasteiger partial charge is 0.239 e. The van der Waals surface area contributed by atoms with Gasteiger partial charge in [-0.25, -0.2) is 0 Å². The van der Waals surface area contributed by atoms with Gasteiger partial charge >= 0.3 is 0 Å². The van der Waals surface area contributed by atoms with Gasteiger partial charge < -0.3 is 4.90 Å². The molecule has 0 saturated carbocycles. The number of amides is 1. The minimum atomic E-state index is -0.122. The molecule has 1 fully saturated rings. The predicted molar refractivity (Wildman–Crippen MR) is 82.5 cm³/mol. The van der Waals surface area contributed by atoms with Crippen LogP contribution >= 0.6 is 0 Å². The second kappa shape index (κ2) is 7.44. The molecule has 1 saturated heterocycles. The Morgan fingerprint density at radius 2 is 1.65 bits per heavy atom. The fraction of sp³-hybridized carbons (Fsp3) is 0.588. The average molecular weight is 274 g/mol. The van der Waals surface area contributed by atoms with Gasteiger partial charge in [0.2, 0.25) is 5.91 Å². The van der Waals surface area contributed by atoms with E-state index in [0.29, 0.717) is 0 Å². The lowest BCUT2D eigenvalue weighted by Crippen LogP contribution is -2.45. The second-order valence-electron chi connectivity index (χ2n) is 5.76. The van der Waals surface area contributed by atoms with Crippen molar-refractivity contribution in [2.24, 2.45) is 0 Å². The number of nitrogens with zero attached hydrogens (tertiary/aromatic N) is 1. The van der Waals surface area contributed by atoms with E-state index in [1.807, 2.05) is 30.0 Å². The quantitative estimate of drug-likeness (QED) is 0.915. The average Bonchev–Trinajstić information content (AvgIpc) is 2.76. The molecule has 1 N–H and O–H groups in total. The van der Waals surface area contributed by atoms with Crippen LogP contribution in [0.25, 0.3) is 0 Å². The molecule has 110 valence electrons. The Bertz CT molecular complexity index is 410. The fourth-order valence-electron chi connectivity index (χ4n) is 2.85. The summed E-state index contributed by atoms with van der Waals surface area (Å²) in [7, 11) is 0. The Kier molecular flexibility index (Phi) is 5.60. The fourth-order valence-corrected chi connectivity index (χ4v) is 2.85. The summed E-state index contributed by atoms with van der Waals surface area (Å²) in [5, 5.41) is 3.42. The molecule has 1 aromatic carbocycles. The number of hydrogen-bond donors (Lipinski definition) is 1. The SMILES string of the molecule is CC(N[C@H](C)c1ccccc1)C(=O)N1CCCCCC1. The van der Waals surface area contributed by atoms with Crippen LogP contribution in [0.2, 0.25) is 0 Å². The van der Waals surface area contributed by atoms with E-state index in [9.17, 15) is 4.79 Å². The second-order valence-corrected chi connectivity index (χ2v) is 5.76. The number of rotatable bonds is 4. The van der Waals surface area contributed by atoms with Crippen LogP contribution in [-0.2, 0) is 4.79 Å². The van der Waals surface area contributed by atoms with E-state index in [0.717, 1.165) is 25.9 Å². The van der Waals surface area contributed by atoms with E-state index in [1.165, 1.54) is 18.4 Å². The highest BCUT2D eigenvalue weighted by Crippen LogP contribution is 2.14. The van der Waals surface area contributed by atoms with Gasteiger partial charge in [0.05, 0.1) is 6.04 Å². The Morgan fingerprint density at radius 3 is 2.25 bits per heavy atom. The van der Waals surface area contributed by atoms with Crippen molar-refractivity contribution >= 4 is 5.91 Å². The van der Waals surface area contributed by atoms with Crippen LogP contribution in [-0.4, -0.2) is 29.9 Å². The summed E-state index contributed by atoms with van der Waals surface area (Å²) < 4.78 is 0. The molecule has 20 heavy (non-hydrogen) atoms. The molecule has 0 radical (unpaired) electrons. The zero-order valence-electron chi connectivity index (χ0n) is 12.6. The molecule has 1 aromatic rings. The van der Waals surface area contributed by atoms with Crippen LogP contribution < -0.4 is 5.32 Å². The molecule has 0 aliphatic carbocycles. The molecule has 3 nitrogen and oxygen atoms in total. The lowest BCUT2D eigenvalue weighted by Gasteiger charge is -2.27. The summed E-state index contributed by atoms with van der Waals surface area (Å²) in [6.45, 7) is 5.93. The molecule has 1 unspecified atom stereocenters. The van der Waals surface area contributed by atoms with Gasteiger partial charge in [0.1, 0.15) is 0 Å². The maximum Gasteiger partial charge on any atom is 0.239 e. The van der Waals surface area contributed by atoms with Crippen LogP contribution in [0.15, 0.2) is 30.3 Å². The third kappa shape index (κ3) is 4.07. The Labute approximate surface area is 122 Å². The summed E-state index contributed by atoms with van der Waals surface area (Å²) in [5.41, 5.74) is 1.23. The molecule has 0 spiro atoms. The van der Waals surface area contributed by atoms with Crippen LogP contribution in [0.5, 0.6) is 0 Å². The third-order valence-corrected chi connectivity index (χ3v) is 4.09. The molecule has 1 aliphatic rings. The zero-order valence-corrected chi connectivity index (χ0v) is 12.6. The van der Waals surface area contributed by atoms with E-state index in [2.05, 4.69) is 24.4 Å². The highest BCUT2D eigenvalue weighted by molar-refractivity contribution is 5.81. The number of hydrogen-bond acceptors (Lipinski definition) is 2. The van der Waals surface area contributed by atoms with Gasteiger partial charge in [0.25, 0.3) is 0 Å². The number of benzene rings is 1. The predicted octanol–water partition coefficient (Wildman–Crippen LogP) is 3.13. The minimum Gasteiger partial charge on any atom is -0.341 e. The number of likely N-dealkylation sites (tertiary alicyclic amines) is 1. The van der Waals surface area contributed by atoms with Crippen molar-refractivity contribution in [2.75, 3.05) is 13.1 Å². The molecule has 2 atom stereocenters. The van der Waals surface area contributed by atoms with Gasteiger partial charge in [-0.1, -0.05) is 43.2 Å². The van der Waals surface area contributed by atoms with Gasteiger partial charge in [-0.2, -0.15) is 0 Å². The molecule has 1 heterocycles. The number of nitrogens with one attached hydrogen (secondary N) is 1. The number of carbonyl (C=O) groups is 1. The van der Waals surface area contributed by atoms with Gasteiger partial charge in [-0.3, -0.25) is 10.1 Å². The molecular weight excluding hydrogens is 248 g/mol. The highest BCUT2D eigenvalue weighted by atomic mass is 16.2. The Morgan fingerprint density at radius 1 is 1.05 bits per heavy atom. The van der Waals surface area contributed by atoms with Crippen molar-refractivity contribution in [3.8, 4) is 0 Å². The van der Waals surface area contributed by atoms with Crippen LogP contribution in [0, 0.1) is 0 Å². The van der Waals surface area contributed by atoms with Crippen LogP contribution in [0.1, 0.15) is 51.1 Å². The summed E-state index contributed by atoms with van der Waals surface area (Å²) in [6, 6.07) is 10.4. The first-order valence-electron chi connectivity index (χ1n) is 7.78. The normalized spacial score (nSPS) is 19.2. The van der Waals surface area contributed by atoms with Gasteiger partial charge in [0, 0.05) is 19.1 Å². The molecular formula is C17H26N2O. The lowest BCUT2D eigenvalue weighted by molar-refractivity contribution is -0.133. The largest absolute Gasteiger partial charge is 0.341 e. The molecule has 1 aliphatic heterocycles. The maximum absolute atomic E-state index is 12.5. The lowest BCUT2D eigenvalue weighted by atomic mass is 10.1. The molecule has 0 bridgehead atoms. The van der Waals surface area contributed by atoms with Gasteiger partial charge in [0.15, 0.2) is 0 Å². The van der Waals surface area contributed by atoms with Crippen molar-refractivity contribution in [3.05, 3.63) is 35.9 Å². The van der Waals surface area contributed by atoms with E-state index < -0.39 is 0 Å². The molecule has 1 amide bonds. The minimum absolute atomic E-state index is 0.122. The Hall–Kier alpha value is -1.35. The van der Waals surface area contributed by atoms with Crippen molar-refractivity contribution in [1.82, 2.24) is 10.2 Å². The zero-order chi connectivity index (χ0) is 14.4. The monoisotopic (exact) mass is 274 g/mol. The summed E-state index contributed by atoms with van der Waals surface area (Å²) in [4.78, 5) is 14.5. The summed E-state index contributed by atoms with van der Waals surface area (Å²) >= 11 is 0. The highest BCUT2D eigenvalue weighted by Gasteiger charge is 2.22. The van der Waals surface area contributed by atoms with Crippen molar-refractivity contribution in [1.29, 1.82) is 0 Å². The standard InChI is InChI=1S/C17H26N2O/c1-14(16-10-6-5-7-11-16)18-15(2)17(20)19-12-8-3-4-9-13-19/h5-7,10-11,14-15,18H,3-4,8-9,12-13H2,1-2H3/t14-,15?/m1/s1. The first-order valence-corrected chi connectivity index (χ1v) is 7.78. The van der Waals surface area contributed by atoms with E-state index in [-0.39, 0.29) is 18.0 Å². The van der Waals surface area contributed by atoms with Crippen molar-refractivity contribution in [3.63, 3.8) is 0 Å². The molecule has 3 heteroatoms. The van der Waals surface area contributed by atoms with Gasteiger partial charge in [-0.05, 0) is 32.3 Å². The topological polar surface area (TPSA) is 32.3 Å². The molecule has 2 rings (SSSR count). The number of carbonyl (C=O) groups excluding carboxylic acids is 1. The van der Waals surface area contributed by atoms with Crippen LogP contribution in [0.4, 0.5) is 0 Å². The molecule has 0 aromatic heterocycles. The van der Waals surface area contributed by atoms with Gasteiger partial charge in [-0.15, -0.1) is 0 Å². The van der Waals surface area contributed by atoms with E-state index >= 15 is 0 Å². The third-order valence-electron chi connectivity index (χ3n) is 4.09. The van der Waals surface area contributed by atoms with E-state index in [1.54, 1.807) is 0 Å². The first kappa shape index (κ1) is 15.0. The first-order chi connectivity index (χ1) is 9.68. The maximum atomic E-state index is 12.5.